The summed E-state index contributed by atoms with van der Waals surface area (Å²) in [6.07, 6.45) is 2.48. The molecule has 0 bridgehead atoms. The van der Waals surface area contributed by atoms with Gasteiger partial charge in [0.15, 0.2) is 5.65 Å². The smallest absolute Gasteiger partial charge is 0.221 e. The first-order valence-electron chi connectivity index (χ1n) is 7.51. The molecule has 2 aromatic heterocycles. The number of aromatic amines is 1. The minimum Gasteiger partial charge on any atom is -0.394 e. The van der Waals surface area contributed by atoms with Crippen molar-refractivity contribution < 1.29 is 9.90 Å². The largest absolute Gasteiger partial charge is 0.394 e. The molecule has 0 radical (unpaired) electrons. The molecule has 2 heterocycles. The number of hydrogen-bond donors (Lipinski definition) is 3. The number of nitrogens with one attached hydrogen (secondary N) is 2. The van der Waals surface area contributed by atoms with E-state index in [0.29, 0.717) is 18.5 Å². The van der Waals surface area contributed by atoms with Crippen LogP contribution in [0.4, 0.5) is 0 Å². The number of pyridine rings is 1. The van der Waals surface area contributed by atoms with Crippen molar-refractivity contribution in [2.24, 2.45) is 0 Å². The average Bonchev–Trinajstić information content (AvgIpc) is 3.01. The molecular weight excluding hydrogens is 292 g/mol. The molecule has 1 amide bonds. The summed E-state index contributed by atoms with van der Waals surface area (Å²) in [4.78, 5) is 23.7. The second kappa shape index (κ2) is 7.02. The van der Waals surface area contributed by atoms with Gasteiger partial charge in [-0.1, -0.05) is 30.3 Å². The number of aryl methyl sites for hydroxylation is 1. The molecule has 6 nitrogen and oxygen atoms in total. The molecule has 0 aliphatic carbocycles. The molecular formula is C17H18N4O2. The first-order chi connectivity index (χ1) is 11.3. The van der Waals surface area contributed by atoms with Gasteiger partial charge in [0, 0.05) is 19.0 Å². The van der Waals surface area contributed by atoms with Gasteiger partial charge in [0.05, 0.1) is 18.2 Å². The molecule has 1 atom stereocenters. The molecule has 6 heteroatoms. The number of carbonyl (C=O) groups is 1. The maximum atomic E-state index is 12.1. The van der Waals surface area contributed by atoms with E-state index in [2.05, 4.69) is 20.3 Å². The first kappa shape index (κ1) is 15.2. The molecule has 3 rings (SSSR count). The highest BCUT2D eigenvalue weighted by Gasteiger charge is 2.14. The highest BCUT2D eigenvalue weighted by atomic mass is 16.3. The Kier molecular flexibility index (Phi) is 4.63. The fourth-order valence-corrected chi connectivity index (χ4v) is 2.43. The van der Waals surface area contributed by atoms with Crippen molar-refractivity contribution >= 4 is 17.1 Å². The van der Waals surface area contributed by atoms with Crippen molar-refractivity contribution in [3.63, 3.8) is 0 Å². The summed E-state index contributed by atoms with van der Waals surface area (Å²) in [5, 5.41) is 12.3. The lowest BCUT2D eigenvalue weighted by Gasteiger charge is -2.16. The van der Waals surface area contributed by atoms with E-state index in [-0.39, 0.29) is 18.6 Å². The van der Waals surface area contributed by atoms with Crippen molar-refractivity contribution in [1.82, 2.24) is 20.3 Å². The highest BCUT2D eigenvalue weighted by molar-refractivity contribution is 5.77. The van der Waals surface area contributed by atoms with Crippen LogP contribution in [0.3, 0.4) is 0 Å². The van der Waals surface area contributed by atoms with Crippen LogP contribution in [0.15, 0.2) is 48.7 Å². The minimum absolute atomic E-state index is 0.124. The molecule has 118 valence electrons. The Morgan fingerprint density at radius 1 is 1.22 bits per heavy atom. The van der Waals surface area contributed by atoms with Gasteiger partial charge in [-0.2, -0.15) is 0 Å². The fraction of sp³-hybridized carbons (Fsp3) is 0.235. The van der Waals surface area contributed by atoms with Crippen LogP contribution in [0.1, 0.15) is 23.9 Å². The van der Waals surface area contributed by atoms with Gasteiger partial charge in [-0.05, 0) is 17.7 Å². The Bertz CT molecular complexity index is 752. The van der Waals surface area contributed by atoms with Gasteiger partial charge in [-0.25, -0.2) is 9.97 Å². The van der Waals surface area contributed by atoms with E-state index in [1.807, 2.05) is 42.5 Å². The second-order valence-electron chi connectivity index (χ2n) is 5.27. The number of H-pyrrole nitrogens is 1. The minimum atomic E-state index is -0.388. The quantitative estimate of drug-likeness (QED) is 0.647. The van der Waals surface area contributed by atoms with Crippen molar-refractivity contribution in [3.05, 3.63) is 60.0 Å². The van der Waals surface area contributed by atoms with E-state index in [1.54, 1.807) is 6.20 Å². The van der Waals surface area contributed by atoms with Gasteiger partial charge >= 0.3 is 0 Å². The van der Waals surface area contributed by atoms with Crippen molar-refractivity contribution in [2.75, 3.05) is 6.61 Å². The Balaban J connectivity index is 1.58. The molecule has 0 saturated heterocycles. The zero-order valence-electron chi connectivity index (χ0n) is 12.6. The number of rotatable bonds is 6. The number of imidazole rings is 1. The molecule has 0 unspecified atom stereocenters. The van der Waals surface area contributed by atoms with Gasteiger partial charge < -0.3 is 15.4 Å². The molecule has 1 aromatic carbocycles. The molecule has 0 aliphatic heterocycles. The number of aromatic nitrogens is 3. The van der Waals surface area contributed by atoms with E-state index in [4.69, 9.17) is 0 Å². The molecule has 0 spiro atoms. The molecule has 3 N–H and O–H groups in total. The van der Waals surface area contributed by atoms with Crippen LogP contribution in [-0.4, -0.2) is 32.6 Å². The van der Waals surface area contributed by atoms with Crippen LogP contribution in [0.25, 0.3) is 11.2 Å². The summed E-state index contributed by atoms with van der Waals surface area (Å²) in [6, 6.07) is 12.8. The van der Waals surface area contributed by atoms with Crippen molar-refractivity contribution in [3.8, 4) is 0 Å². The summed E-state index contributed by atoms with van der Waals surface area (Å²) in [6.45, 7) is -0.135. The summed E-state index contributed by atoms with van der Waals surface area (Å²) in [5.41, 5.74) is 2.40. The normalized spacial score (nSPS) is 12.2. The number of hydrogen-bond acceptors (Lipinski definition) is 4. The lowest BCUT2D eigenvalue weighted by atomic mass is 10.1. The number of amides is 1. The van der Waals surface area contributed by atoms with Gasteiger partial charge in [0.2, 0.25) is 5.91 Å². The van der Waals surface area contributed by atoms with E-state index in [9.17, 15) is 9.90 Å². The maximum Gasteiger partial charge on any atom is 0.221 e. The zero-order chi connectivity index (χ0) is 16.1. The number of aliphatic hydroxyl groups is 1. The number of fused-ring (bicyclic) bond motifs is 1. The van der Waals surface area contributed by atoms with Gasteiger partial charge in [-0.15, -0.1) is 0 Å². The number of carbonyl (C=O) groups excluding carboxylic acids is 1. The molecule has 3 aromatic rings. The Morgan fingerprint density at radius 3 is 2.78 bits per heavy atom. The molecule has 0 aliphatic rings. The van der Waals surface area contributed by atoms with E-state index >= 15 is 0 Å². The topological polar surface area (TPSA) is 90.9 Å². The second-order valence-corrected chi connectivity index (χ2v) is 5.27. The van der Waals surface area contributed by atoms with Crippen LogP contribution >= 0.6 is 0 Å². The number of nitrogens with zero attached hydrogens (tertiary/aromatic N) is 2. The van der Waals surface area contributed by atoms with E-state index < -0.39 is 0 Å². The average molecular weight is 310 g/mol. The van der Waals surface area contributed by atoms with Crippen LogP contribution in [0, 0.1) is 0 Å². The standard InChI is InChI=1S/C17H18N4O2/c22-11-14(12-5-2-1-3-6-12)20-16(23)9-8-15-19-13-7-4-10-18-17(13)21-15/h1-7,10,14,22H,8-9,11H2,(H,20,23)(H,18,19,21)/t14-/m1/s1. The van der Waals surface area contributed by atoms with Gasteiger partial charge in [-0.3, -0.25) is 4.79 Å². The Hall–Kier alpha value is -2.73. The Morgan fingerprint density at radius 2 is 2.04 bits per heavy atom. The predicted molar refractivity (Wildman–Crippen MR) is 86.6 cm³/mol. The summed E-state index contributed by atoms with van der Waals surface area (Å²) < 4.78 is 0. The van der Waals surface area contributed by atoms with E-state index in [1.165, 1.54) is 0 Å². The zero-order valence-corrected chi connectivity index (χ0v) is 12.6. The third-order valence-electron chi connectivity index (χ3n) is 3.62. The summed E-state index contributed by atoms with van der Waals surface area (Å²) in [7, 11) is 0. The third kappa shape index (κ3) is 3.73. The number of benzene rings is 1. The van der Waals surface area contributed by atoms with Crippen molar-refractivity contribution in [1.29, 1.82) is 0 Å². The monoisotopic (exact) mass is 310 g/mol. The molecule has 0 fully saturated rings. The molecule has 0 saturated carbocycles. The predicted octanol–water partition coefficient (Wildman–Crippen LogP) is 1.74. The fourth-order valence-electron chi connectivity index (χ4n) is 2.43. The van der Waals surface area contributed by atoms with Crippen LogP contribution in [0.2, 0.25) is 0 Å². The number of aliphatic hydroxyl groups excluding tert-OH is 1. The maximum absolute atomic E-state index is 12.1. The lowest BCUT2D eigenvalue weighted by molar-refractivity contribution is -0.122. The van der Waals surface area contributed by atoms with Gasteiger partial charge in [0.1, 0.15) is 5.82 Å². The summed E-state index contributed by atoms with van der Waals surface area (Å²) in [5.74, 6) is 0.607. The van der Waals surface area contributed by atoms with Crippen molar-refractivity contribution in [2.45, 2.75) is 18.9 Å². The van der Waals surface area contributed by atoms with Gasteiger partial charge in [0.25, 0.3) is 0 Å². The molecule has 23 heavy (non-hydrogen) atoms. The highest BCUT2D eigenvalue weighted by Crippen LogP contribution is 2.12. The Labute approximate surface area is 133 Å². The lowest BCUT2D eigenvalue weighted by Crippen LogP contribution is -2.30. The summed E-state index contributed by atoms with van der Waals surface area (Å²) >= 11 is 0. The first-order valence-corrected chi connectivity index (χ1v) is 7.51. The van der Waals surface area contributed by atoms with E-state index in [0.717, 1.165) is 16.9 Å². The third-order valence-corrected chi connectivity index (χ3v) is 3.62. The van der Waals surface area contributed by atoms with Crippen LogP contribution in [-0.2, 0) is 11.2 Å². The SMILES string of the molecule is O=C(CCc1nc2ncccc2[nH]1)N[C@H](CO)c1ccccc1. The van der Waals surface area contributed by atoms with Crippen LogP contribution < -0.4 is 5.32 Å². The van der Waals surface area contributed by atoms with Crippen LogP contribution in [0.5, 0.6) is 0 Å².